The van der Waals surface area contributed by atoms with Crippen molar-refractivity contribution in [2.75, 3.05) is 6.61 Å². The Hall–Kier alpha value is 0.610. The largest absolute Gasteiger partial charge is 1.00 e. The van der Waals surface area contributed by atoms with E-state index in [1.807, 2.05) is 0 Å². The molecule has 0 heterocycles. The smallest absolute Gasteiger partial charge is 1.00 e. The predicted molar refractivity (Wildman–Crippen MR) is 98.1 cm³/mol. The molecule has 0 saturated carbocycles. The molecule has 4 nitrogen and oxygen atoms in total. The van der Waals surface area contributed by atoms with Gasteiger partial charge in [0.2, 0.25) is 0 Å². The molecule has 0 bridgehead atoms. The summed E-state index contributed by atoms with van der Waals surface area (Å²) >= 11 is 0. The summed E-state index contributed by atoms with van der Waals surface area (Å²) in [4.78, 5) is 0. The summed E-state index contributed by atoms with van der Waals surface area (Å²) in [5.74, 6) is 0. The van der Waals surface area contributed by atoms with E-state index in [-0.39, 0.29) is 37.6 Å². The second-order valence-corrected chi connectivity index (χ2v) is 7.28. The van der Waals surface area contributed by atoms with Gasteiger partial charge in [0.05, 0.1) is 6.61 Å². The molecule has 0 radical (unpaired) electrons. The van der Waals surface area contributed by atoms with Gasteiger partial charge in [-0.1, -0.05) is 76.9 Å². The Labute approximate surface area is 173 Å². The van der Waals surface area contributed by atoms with E-state index in [1.165, 1.54) is 70.6 Å². The first-order chi connectivity index (χ1) is 11.1. The van der Waals surface area contributed by atoms with E-state index < -0.39 is 10.4 Å². The first-order valence-corrected chi connectivity index (χ1v) is 10.7. The van der Waals surface area contributed by atoms with Crippen LogP contribution < -0.4 is 29.6 Å². The van der Waals surface area contributed by atoms with Gasteiger partial charge in [0.1, 0.15) is 0 Å². The van der Waals surface area contributed by atoms with E-state index >= 15 is 0 Å². The molecule has 0 unspecified atom stereocenters. The fraction of sp³-hybridized carbons (Fsp3) is 0.889. The van der Waals surface area contributed by atoms with Crippen LogP contribution in [0.25, 0.3) is 0 Å². The van der Waals surface area contributed by atoms with Crippen LogP contribution in [0.5, 0.6) is 0 Å². The van der Waals surface area contributed by atoms with Gasteiger partial charge in [0, 0.05) is 0 Å². The molecule has 0 aliphatic carbocycles. The number of rotatable bonds is 17. The van der Waals surface area contributed by atoms with Gasteiger partial charge in [-0.05, 0) is 32.1 Å². The standard InChI is InChI=1S/C18H36O4S.Na.H/c1-2-3-4-5-6-7-8-9-10-11-12-13-14-15-16-17-18-22-23(19,20)21;;/h9-10H,2-8,11-18H2,1H3,(H,19,20,21);;/q;+1;-1/b10-9-;;. The van der Waals surface area contributed by atoms with Crippen molar-refractivity contribution in [2.24, 2.45) is 0 Å². The van der Waals surface area contributed by atoms with Crippen molar-refractivity contribution in [1.82, 2.24) is 0 Å². The Kier molecular flexibility index (Phi) is 22.3. The maximum atomic E-state index is 10.3. The molecule has 140 valence electrons. The molecule has 24 heavy (non-hydrogen) atoms. The van der Waals surface area contributed by atoms with Crippen LogP contribution >= 0.6 is 0 Å². The number of hydrogen-bond acceptors (Lipinski definition) is 3. The van der Waals surface area contributed by atoms with Gasteiger partial charge in [-0.25, -0.2) is 4.18 Å². The van der Waals surface area contributed by atoms with E-state index in [0.29, 0.717) is 6.42 Å². The molecular weight excluding hydrogens is 335 g/mol. The third-order valence-corrected chi connectivity index (χ3v) is 4.35. The van der Waals surface area contributed by atoms with Crippen molar-refractivity contribution in [1.29, 1.82) is 0 Å². The van der Waals surface area contributed by atoms with Gasteiger partial charge in [0.15, 0.2) is 0 Å². The molecule has 0 atom stereocenters. The molecule has 0 rings (SSSR count). The van der Waals surface area contributed by atoms with Crippen LogP contribution in [0.1, 0.15) is 98.2 Å². The molecule has 0 spiro atoms. The maximum absolute atomic E-state index is 10.3. The monoisotopic (exact) mass is 372 g/mol. The fourth-order valence-corrected chi connectivity index (χ4v) is 2.84. The van der Waals surface area contributed by atoms with Crippen LogP contribution in [0.15, 0.2) is 12.2 Å². The molecule has 6 heteroatoms. The third kappa shape index (κ3) is 24.9. The predicted octanol–water partition coefficient (Wildman–Crippen LogP) is 2.96. The summed E-state index contributed by atoms with van der Waals surface area (Å²) in [6, 6.07) is 0. The summed E-state index contributed by atoms with van der Waals surface area (Å²) in [5.41, 5.74) is 0. The second kappa shape index (κ2) is 19.9. The Morgan fingerprint density at radius 1 is 0.792 bits per heavy atom. The summed E-state index contributed by atoms with van der Waals surface area (Å²) in [5, 5.41) is 0. The van der Waals surface area contributed by atoms with Gasteiger partial charge in [-0.3, -0.25) is 4.55 Å². The molecule has 0 amide bonds. The zero-order chi connectivity index (χ0) is 17.2. The topological polar surface area (TPSA) is 63.6 Å². The van der Waals surface area contributed by atoms with Crippen LogP contribution in [0.3, 0.4) is 0 Å². The fourth-order valence-electron chi connectivity index (χ4n) is 2.51. The molecule has 0 aromatic carbocycles. The van der Waals surface area contributed by atoms with Gasteiger partial charge < -0.3 is 1.43 Å². The zero-order valence-corrected chi connectivity index (χ0v) is 18.7. The van der Waals surface area contributed by atoms with Crippen molar-refractivity contribution in [3.63, 3.8) is 0 Å². The van der Waals surface area contributed by atoms with Crippen LogP contribution in [-0.2, 0) is 14.6 Å². The minimum Gasteiger partial charge on any atom is -1.00 e. The van der Waals surface area contributed by atoms with Crippen LogP contribution in [-0.4, -0.2) is 19.6 Å². The van der Waals surface area contributed by atoms with Crippen LogP contribution in [0, 0.1) is 0 Å². The van der Waals surface area contributed by atoms with E-state index in [4.69, 9.17) is 4.55 Å². The van der Waals surface area contributed by atoms with Crippen LogP contribution in [0.2, 0.25) is 0 Å². The molecule has 0 aliphatic rings. The van der Waals surface area contributed by atoms with Gasteiger partial charge in [0.25, 0.3) is 0 Å². The van der Waals surface area contributed by atoms with E-state index in [0.717, 1.165) is 12.8 Å². The SMILES string of the molecule is CCCCCCCC/C=C\CCCCCCCCOS(=O)(=O)O.[H-].[Na+]. The normalized spacial score (nSPS) is 11.8. The number of hydrogen-bond donors (Lipinski definition) is 1. The van der Waals surface area contributed by atoms with Gasteiger partial charge in [-0.2, -0.15) is 8.42 Å². The summed E-state index contributed by atoms with van der Waals surface area (Å²) in [6.07, 6.45) is 21.5. The molecular formula is C18H37NaO4S. The first kappa shape index (κ1) is 26.8. The number of unbranched alkanes of at least 4 members (excludes halogenated alkanes) is 12. The average Bonchev–Trinajstić information content (AvgIpc) is 2.49. The van der Waals surface area contributed by atoms with Crippen molar-refractivity contribution < 1.29 is 48.1 Å². The second-order valence-electron chi connectivity index (χ2n) is 6.19. The van der Waals surface area contributed by atoms with Crippen molar-refractivity contribution in [3.05, 3.63) is 12.2 Å². The van der Waals surface area contributed by atoms with Crippen LogP contribution in [0.4, 0.5) is 0 Å². The van der Waals surface area contributed by atoms with Gasteiger partial charge >= 0.3 is 40.0 Å². The maximum Gasteiger partial charge on any atom is 1.00 e. The first-order valence-electron chi connectivity index (χ1n) is 9.33. The molecule has 0 fully saturated rings. The van der Waals surface area contributed by atoms with E-state index in [1.54, 1.807) is 0 Å². The zero-order valence-electron chi connectivity index (χ0n) is 16.8. The quantitative estimate of drug-likeness (QED) is 0.185. The Balaban J connectivity index is -0.00000242. The Bertz CT molecular complexity index is 375. The van der Waals surface area contributed by atoms with Gasteiger partial charge in [-0.15, -0.1) is 0 Å². The summed E-state index contributed by atoms with van der Waals surface area (Å²) in [6.45, 7) is 2.33. The van der Waals surface area contributed by atoms with Crippen molar-refractivity contribution in [2.45, 2.75) is 96.8 Å². The van der Waals surface area contributed by atoms with Crippen molar-refractivity contribution >= 4 is 10.4 Å². The number of allylic oxidation sites excluding steroid dienone is 2. The Morgan fingerprint density at radius 3 is 1.67 bits per heavy atom. The molecule has 0 aromatic rings. The van der Waals surface area contributed by atoms with Crippen molar-refractivity contribution in [3.8, 4) is 0 Å². The minimum atomic E-state index is -4.25. The third-order valence-electron chi connectivity index (χ3n) is 3.89. The van der Waals surface area contributed by atoms with E-state index in [2.05, 4.69) is 23.3 Å². The molecule has 0 saturated heterocycles. The molecule has 0 aliphatic heterocycles. The average molecular weight is 373 g/mol. The molecule has 1 N–H and O–H groups in total. The van der Waals surface area contributed by atoms with E-state index in [9.17, 15) is 8.42 Å². The molecule has 0 aromatic heterocycles. The summed E-state index contributed by atoms with van der Waals surface area (Å²) in [7, 11) is -4.25. The summed E-state index contributed by atoms with van der Waals surface area (Å²) < 4.78 is 33.3. The minimum absolute atomic E-state index is 0. The Morgan fingerprint density at radius 2 is 1.21 bits per heavy atom.